The van der Waals surface area contributed by atoms with Crippen LogP contribution >= 0.6 is 23.4 Å². The second kappa shape index (κ2) is 9.10. The molecule has 0 fully saturated rings. The topological polar surface area (TPSA) is 73.0 Å². The average molecular weight is 405 g/mol. The van der Waals surface area contributed by atoms with E-state index in [9.17, 15) is 4.79 Å². The molecular weight excluding hydrogens is 384 g/mol. The van der Waals surface area contributed by atoms with E-state index in [-0.39, 0.29) is 5.91 Å². The first-order valence-corrected chi connectivity index (χ1v) is 10.1. The number of aryl methyl sites for hydroxylation is 1. The van der Waals surface area contributed by atoms with Gasteiger partial charge in [0, 0.05) is 18.1 Å². The van der Waals surface area contributed by atoms with E-state index < -0.39 is 0 Å². The molecular formula is C19H21ClN4O2S. The number of nitrogens with one attached hydrogen (secondary N) is 1. The third-order valence-corrected chi connectivity index (χ3v) is 5.33. The molecule has 142 valence electrons. The van der Waals surface area contributed by atoms with Crippen LogP contribution in [0.3, 0.4) is 0 Å². The summed E-state index contributed by atoms with van der Waals surface area (Å²) in [5, 5.41) is 12.9. The van der Waals surface area contributed by atoms with Crippen LogP contribution in [0.2, 0.25) is 5.02 Å². The second-order valence-corrected chi connectivity index (χ2v) is 7.33. The second-order valence-electron chi connectivity index (χ2n) is 5.96. The van der Waals surface area contributed by atoms with Gasteiger partial charge in [-0.1, -0.05) is 35.5 Å². The molecule has 0 aliphatic heterocycles. The molecule has 1 aromatic carbocycles. The minimum absolute atomic E-state index is 0.0272. The molecule has 1 amide bonds. The van der Waals surface area contributed by atoms with Gasteiger partial charge in [0.2, 0.25) is 5.91 Å². The Bertz CT molecular complexity index is 905. The van der Waals surface area contributed by atoms with E-state index in [2.05, 4.69) is 15.5 Å². The number of nitrogens with zero attached hydrogens (tertiary/aromatic N) is 3. The number of halogens is 1. The lowest BCUT2D eigenvalue weighted by atomic mass is 10.1. The fraction of sp³-hybridized carbons (Fsp3) is 0.316. The summed E-state index contributed by atoms with van der Waals surface area (Å²) < 4.78 is 7.34. The molecule has 0 aliphatic carbocycles. The van der Waals surface area contributed by atoms with Gasteiger partial charge < -0.3 is 14.3 Å². The molecule has 0 aliphatic rings. The number of hydrogen-bond acceptors (Lipinski definition) is 5. The lowest BCUT2D eigenvalue weighted by Gasteiger charge is -2.07. The van der Waals surface area contributed by atoms with Gasteiger partial charge in [0.25, 0.3) is 0 Å². The zero-order valence-corrected chi connectivity index (χ0v) is 16.8. The van der Waals surface area contributed by atoms with Gasteiger partial charge in [-0.15, -0.1) is 10.2 Å². The van der Waals surface area contributed by atoms with Crippen molar-refractivity contribution in [1.29, 1.82) is 0 Å². The Morgan fingerprint density at radius 3 is 2.70 bits per heavy atom. The van der Waals surface area contributed by atoms with Crippen LogP contribution < -0.4 is 5.32 Å². The summed E-state index contributed by atoms with van der Waals surface area (Å²) in [4.78, 5) is 12.1. The summed E-state index contributed by atoms with van der Waals surface area (Å²) >= 11 is 7.25. The standard InChI is InChI=1S/C19H21ClN4O2S/c1-3-24-18(16-9-11-26-13(16)2)22-23-19(24)27-12-17(25)21-10-8-14-4-6-15(20)7-5-14/h4-7,9,11H,3,8,10,12H2,1-2H3,(H,21,25). The normalized spacial score (nSPS) is 10.9. The number of amides is 1. The number of thioether (sulfide) groups is 1. The van der Waals surface area contributed by atoms with Crippen LogP contribution in [-0.2, 0) is 17.8 Å². The number of hydrogen-bond donors (Lipinski definition) is 1. The molecule has 2 aromatic heterocycles. The Labute approximate surface area is 167 Å². The molecule has 0 spiro atoms. The third kappa shape index (κ3) is 4.93. The summed E-state index contributed by atoms with van der Waals surface area (Å²) in [5.74, 6) is 1.83. The van der Waals surface area contributed by atoms with Crippen molar-refractivity contribution in [2.24, 2.45) is 0 Å². The van der Waals surface area contributed by atoms with E-state index in [0.717, 1.165) is 34.3 Å². The fourth-order valence-corrected chi connectivity index (χ4v) is 3.63. The summed E-state index contributed by atoms with van der Waals surface area (Å²) in [6, 6.07) is 9.51. The zero-order chi connectivity index (χ0) is 19.2. The van der Waals surface area contributed by atoms with Crippen molar-refractivity contribution in [3.8, 4) is 11.4 Å². The van der Waals surface area contributed by atoms with Crippen LogP contribution in [0.25, 0.3) is 11.4 Å². The van der Waals surface area contributed by atoms with Crippen molar-refractivity contribution in [1.82, 2.24) is 20.1 Å². The van der Waals surface area contributed by atoms with E-state index >= 15 is 0 Å². The van der Waals surface area contributed by atoms with Crippen molar-refractivity contribution in [2.45, 2.75) is 32.0 Å². The fourth-order valence-electron chi connectivity index (χ4n) is 2.68. The van der Waals surface area contributed by atoms with Gasteiger partial charge in [0.15, 0.2) is 11.0 Å². The number of benzene rings is 1. The highest BCUT2D eigenvalue weighted by atomic mass is 35.5. The van der Waals surface area contributed by atoms with Crippen LogP contribution in [0.5, 0.6) is 0 Å². The molecule has 2 heterocycles. The Hall–Kier alpha value is -2.25. The Morgan fingerprint density at radius 2 is 2.04 bits per heavy atom. The quantitative estimate of drug-likeness (QED) is 0.575. The molecule has 0 saturated carbocycles. The minimum Gasteiger partial charge on any atom is -0.469 e. The van der Waals surface area contributed by atoms with Gasteiger partial charge in [-0.2, -0.15) is 0 Å². The van der Waals surface area contributed by atoms with Gasteiger partial charge >= 0.3 is 0 Å². The van der Waals surface area contributed by atoms with E-state index in [1.54, 1.807) is 6.26 Å². The third-order valence-electron chi connectivity index (χ3n) is 4.11. The van der Waals surface area contributed by atoms with Crippen molar-refractivity contribution < 1.29 is 9.21 Å². The summed E-state index contributed by atoms with van der Waals surface area (Å²) in [7, 11) is 0. The molecule has 3 aromatic rings. The number of rotatable bonds is 8. The minimum atomic E-state index is -0.0272. The molecule has 0 saturated heterocycles. The number of aromatic nitrogens is 3. The Balaban J connectivity index is 1.52. The summed E-state index contributed by atoms with van der Waals surface area (Å²) in [6.07, 6.45) is 2.41. The summed E-state index contributed by atoms with van der Waals surface area (Å²) in [5.41, 5.74) is 2.06. The first kappa shape index (κ1) is 19.5. The van der Waals surface area contributed by atoms with Gasteiger partial charge in [0.05, 0.1) is 17.6 Å². The number of carbonyl (C=O) groups is 1. The maximum atomic E-state index is 12.1. The molecule has 3 rings (SSSR count). The molecule has 6 nitrogen and oxygen atoms in total. The molecule has 27 heavy (non-hydrogen) atoms. The first-order valence-electron chi connectivity index (χ1n) is 8.70. The maximum Gasteiger partial charge on any atom is 0.230 e. The van der Waals surface area contributed by atoms with E-state index in [1.807, 2.05) is 48.7 Å². The van der Waals surface area contributed by atoms with Crippen molar-refractivity contribution in [3.05, 3.63) is 52.9 Å². The summed E-state index contributed by atoms with van der Waals surface area (Å²) in [6.45, 7) is 5.22. The number of carbonyl (C=O) groups excluding carboxylic acids is 1. The Morgan fingerprint density at radius 1 is 1.26 bits per heavy atom. The van der Waals surface area contributed by atoms with Gasteiger partial charge in [-0.25, -0.2) is 0 Å². The highest BCUT2D eigenvalue weighted by Gasteiger charge is 2.17. The lowest BCUT2D eigenvalue weighted by Crippen LogP contribution is -2.27. The zero-order valence-electron chi connectivity index (χ0n) is 15.2. The molecule has 0 atom stereocenters. The average Bonchev–Trinajstić information content (AvgIpc) is 3.26. The Kier molecular flexibility index (Phi) is 6.58. The first-order chi connectivity index (χ1) is 13.1. The van der Waals surface area contributed by atoms with Crippen LogP contribution in [0, 0.1) is 6.92 Å². The predicted octanol–water partition coefficient (Wildman–Crippen LogP) is 3.97. The largest absolute Gasteiger partial charge is 0.469 e. The molecule has 0 unspecified atom stereocenters. The van der Waals surface area contributed by atoms with E-state index in [0.29, 0.717) is 23.9 Å². The highest BCUT2D eigenvalue weighted by Crippen LogP contribution is 2.26. The SMILES string of the molecule is CCn1c(SCC(=O)NCCc2ccc(Cl)cc2)nnc1-c1ccoc1C. The van der Waals surface area contributed by atoms with Gasteiger partial charge in [0.1, 0.15) is 5.76 Å². The lowest BCUT2D eigenvalue weighted by molar-refractivity contribution is -0.118. The molecule has 0 bridgehead atoms. The smallest absolute Gasteiger partial charge is 0.230 e. The predicted molar refractivity (Wildman–Crippen MR) is 107 cm³/mol. The highest BCUT2D eigenvalue weighted by molar-refractivity contribution is 7.99. The molecule has 1 N–H and O–H groups in total. The number of furan rings is 1. The maximum absolute atomic E-state index is 12.1. The van der Waals surface area contributed by atoms with Crippen LogP contribution in [0.4, 0.5) is 0 Å². The monoisotopic (exact) mass is 404 g/mol. The van der Waals surface area contributed by atoms with Crippen LogP contribution in [0.1, 0.15) is 18.2 Å². The van der Waals surface area contributed by atoms with Crippen molar-refractivity contribution in [2.75, 3.05) is 12.3 Å². The van der Waals surface area contributed by atoms with Crippen molar-refractivity contribution in [3.63, 3.8) is 0 Å². The van der Waals surface area contributed by atoms with Gasteiger partial charge in [-0.3, -0.25) is 4.79 Å². The van der Waals surface area contributed by atoms with Crippen LogP contribution in [0.15, 0.2) is 46.2 Å². The van der Waals surface area contributed by atoms with E-state index in [4.69, 9.17) is 16.0 Å². The van der Waals surface area contributed by atoms with Crippen LogP contribution in [-0.4, -0.2) is 33.0 Å². The molecule has 0 radical (unpaired) electrons. The van der Waals surface area contributed by atoms with Crippen molar-refractivity contribution >= 4 is 29.3 Å². The molecule has 8 heteroatoms. The van der Waals surface area contributed by atoms with E-state index in [1.165, 1.54) is 11.8 Å². The van der Waals surface area contributed by atoms with Gasteiger partial charge in [-0.05, 0) is 44.0 Å².